The molecule has 0 aromatic heterocycles. The van der Waals surface area contributed by atoms with Gasteiger partial charge in [-0.1, -0.05) is 37.3 Å². The lowest BCUT2D eigenvalue weighted by atomic mass is 10.1. The molecule has 0 spiro atoms. The Morgan fingerprint density at radius 2 is 1.68 bits per heavy atom. The first-order chi connectivity index (χ1) is 11.9. The van der Waals surface area contributed by atoms with Crippen LogP contribution >= 0.6 is 0 Å². The maximum absolute atomic E-state index is 13.5. The van der Waals surface area contributed by atoms with Gasteiger partial charge >= 0.3 is 5.97 Å². The predicted molar refractivity (Wildman–Crippen MR) is 89.0 cm³/mol. The zero-order valence-electron chi connectivity index (χ0n) is 14.0. The predicted octanol–water partition coefficient (Wildman–Crippen LogP) is 3.56. The number of aryl methyl sites for hydroxylation is 1. The molecule has 4 nitrogen and oxygen atoms in total. The minimum atomic E-state index is -1.22. The first kappa shape index (κ1) is 18.6. The monoisotopic (exact) mass is 347 g/mol. The highest BCUT2D eigenvalue weighted by Gasteiger charge is 2.20. The van der Waals surface area contributed by atoms with Crippen molar-refractivity contribution in [3.8, 4) is 0 Å². The first-order valence-electron chi connectivity index (χ1n) is 7.91. The van der Waals surface area contributed by atoms with Gasteiger partial charge < -0.3 is 10.1 Å². The van der Waals surface area contributed by atoms with Crippen LogP contribution in [0.2, 0.25) is 0 Å². The Morgan fingerprint density at radius 3 is 2.24 bits per heavy atom. The molecule has 0 saturated heterocycles. The summed E-state index contributed by atoms with van der Waals surface area (Å²) in [4.78, 5) is 23.6. The van der Waals surface area contributed by atoms with Gasteiger partial charge in [-0.25, -0.2) is 13.6 Å². The number of amides is 1. The number of hydrogen-bond acceptors (Lipinski definition) is 3. The van der Waals surface area contributed by atoms with Crippen molar-refractivity contribution in [1.82, 2.24) is 5.32 Å². The van der Waals surface area contributed by atoms with Gasteiger partial charge in [0.15, 0.2) is 6.61 Å². The smallest absolute Gasteiger partial charge is 0.344 e. The lowest BCUT2D eigenvalue weighted by molar-refractivity contribution is -0.124. The third kappa shape index (κ3) is 4.86. The SMILES string of the molecule is CCc1ccc([C@@H](C)NC(=O)COC(=O)c2c(F)cccc2F)cc1. The highest BCUT2D eigenvalue weighted by atomic mass is 19.1. The summed E-state index contributed by atoms with van der Waals surface area (Å²) in [5, 5.41) is 2.67. The quantitative estimate of drug-likeness (QED) is 0.813. The molecule has 0 saturated carbocycles. The van der Waals surface area contributed by atoms with E-state index in [-0.39, 0.29) is 6.04 Å². The van der Waals surface area contributed by atoms with Crippen molar-refractivity contribution in [1.29, 1.82) is 0 Å². The number of esters is 1. The Labute approximate surface area is 144 Å². The number of hydrogen-bond donors (Lipinski definition) is 1. The van der Waals surface area contributed by atoms with Gasteiger partial charge in [-0.2, -0.15) is 0 Å². The van der Waals surface area contributed by atoms with Gasteiger partial charge in [0.25, 0.3) is 5.91 Å². The number of rotatable bonds is 6. The second-order valence-corrected chi connectivity index (χ2v) is 5.56. The van der Waals surface area contributed by atoms with E-state index in [1.54, 1.807) is 6.92 Å². The van der Waals surface area contributed by atoms with Crippen molar-refractivity contribution in [3.05, 3.63) is 70.8 Å². The summed E-state index contributed by atoms with van der Waals surface area (Å²) in [6.07, 6.45) is 0.920. The van der Waals surface area contributed by atoms with E-state index in [4.69, 9.17) is 4.74 Å². The number of carbonyl (C=O) groups is 2. The van der Waals surface area contributed by atoms with E-state index in [1.807, 2.05) is 31.2 Å². The minimum absolute atomic E-state index is 0.290. The van der Waals surface area contributed by atoms with E-state index in [0.717, 1.165) is 30.2 Å². The molecule has 2 rings (SSSR count). The average molecular weight is 347 g/mol. The van der Waals surface area contributed by atoms with Crippen LogP contribution in [0.25, 0.3) is 0 Å². The molecule has 25 heavy (non-hydrogen) atoms. The molecule has 0 bridgehead atoms. The van der Waals surface area contributed by atoms with Crippen LogP contribution < -0.4 is 5.32 Å². The fourth-order valence-electron chi connectivity index (χ4n) is 2.30. The molecular formula is C19H19F2NO3. The second-order valence-electron chi connectivity index (χ2n) is 5.56. The molecule has 1 N–H and O–H groups in total. The number of carbonyl (C=O) groups excluding carboxylic acids is 2. The third-order valence-corrected chi connectivity index (χ3v) is 3.77. The molecule has 0 heterocycles. The van der Waals surface area contributed by atoms with Gasteiger partial charge in [0.2, 0.25) is 0 Å². The largest absolute Gasteiger partial charge is 0.452 e. The Balaban J connectivity index is 1.90. The van der Waals surface area contributed by atoms with Crippen molar-refractivity contribution in [2.45, 2.75) is 26.3 Å². The normalized spacial score (nSPS) is 11.7. The van der Waals surface area contributed by atoms with Gasteiger partial charge in [0, 0.05) is 0 Å². The Hall–Kier alpha value is -2.76. The molecule has 0 aliphatic carbocycles. The van der Waals surface area contributed by atoms with Crippen molar-refractivity contribution >= 4 is 11.9 Å². The molecule has 0 aliphatic heterocycles. The second kappa shape index (κ2) is 8.37. The van der Waals surface area contributed by atoms with Crippen LogP contribution in [0.1, 0.15) is 41.4 Å². The van der Waals surface area contributed by atoms with Crippen LogP contribution in [0.15, 0.2) is 42.5 Å². The van der Waals surface area contributed by atoms with Gasteiger partial charge in [-0.15, -0.1) is 0 Å². The highest BCUT2D eigenvalue weighted by Crippen LogP contribution is 2.15. The maximum atomic E-state index is 13.5. The molecule has 0 unspecified atom stereocenters. The summed E-state index contributed by atoms with van der Waals surface area (Å²) in [7, 11) is 0. The Bertz CT molecular complexity index is 740. The van der Waals surface area contributed by atoms with E-state index in [9.17, 15) is 18.4 Å². The fraction of sp³-hybridized carbons (Fsp3) is 0.263. The topological polar surface area (TPSA) is 55.4 Å². The van der Waals surface area contributed by atoms with Gasteiger partial charge in [0.05, 0.1) is 6.04 Å². The zero-order chi connectivity index (χ0) is 18.4. The molecule has 132 valence electrons. The van der Waals surface area contributed by atoms with Crippen LogP contribution in [0.4, 0.5) is 8.78 Å². The Kier molecular flexibility index (Phi) is 6.22. The van der Waals surface area contributed by atoms with Crippen LogP contribution in [0.3, 0.4) is 0 Å². The van der Waals surface area contributed by atoms with Gasteiger partial charge in [-0.3, -0.25) is 4.79 Å². The number of ether oxygens (including phenoxy) is 1. The summed E-state index contributed by atoms with van der Waals surface area (Å²) in [6.45, 7) is 3.22. The first-order valence-corrected chi connectivity index (χ1v) is 7.91. The van der Waals surface area contributed by atoms with Crippen molar-refractivity contribution in [3.63, 3.8) is 0 Å². The molecule has 2 aromatic rings. The van der Waals surface area contributed by atoms with E-state index >= 15 is 0 Å². The van der Waals surface area contributed by atoms with Crippen LogP contribution in [-0.2, 0) is 16.0 Å². The zero-order valence-corrected chi connectivity index (χ0v) is 14.0. The average Bonchev–Trinajstić information content (AvgIpc) is 2.60. The molecule has 1 amide bonds. The van der Waals surface area contributed by atoms with E-state index in [1.165, 1.54) is 5.56 Å². The minimum Gasteiger partial charge on any atom is -0.452 e. The third-order valence-electron chi connectivity index (χ3n) is 3.77. The molecule has 6 heteroatoms. The van der Waals surface area contributed by atoms with Crippen LogP contribution in [-0.4, -0.2) is 18.5 Å². The Morgan fingerprint density at radius 1 is 1.08 bits per heavy atom. The summed E-state index contributed by atoms with van der Waals surface area (Å²) in [5.74, 6) is -3.84. The van der Waals surface area contributed by atoms with Crippen LogP contribution in [0.5, 0.6) is 0 Å². The summed E-state index contributed by atoms with van der Waals surface area (Å²) in [5.41, 5.74) is 1.28. The lowest BCUT2D eigenvalue weighted by Gasteiger charge is -2.15. The fourth-order valence-corrected chi connectivity index (χ4v) is 2.30. The van der Waals surface area contributed by atoms with E-state index in [2.05, 4.69) is 5.32 Å². The lowest BCUT2D eigenvalue weighted by Crippen LogP contribution is -2.31. The molecule has 0 radical (unpaired) electrons. The van der Waals surface area contributed by atoms with Crippen molar-refractivity contribution < 1.29 is 23.1 Å². The van der Waals surface area contributed by atoms with Crippen molar-refractivity contribution in [2.24, 2.45) is 0 Å². The maximum Gasteiger partial charge on any atom is 0.344 e. The van der Waals surface area contributed by atoms with Crippen molar-refractivity contribution in [2.75, 3.05) is 6.61 Å². The molecular weight excluding hydrogens is 328 g/mol. The molecule has 0 aliphatic rings. The van der Waals surface area contributed by atoms with Gasteiger partial charge in [0.1, 0.15) is 17.2 Å². The molecule has 0 fully saturated rings. The number of nitrogens with one attached hydrogen (secondary N) is 1. The van der Waals surface area contributed by atoms with Crippen LogP contribution in [0, 0.1) is 11.6 Å². The standard InChI is InChI=1S/C19H19F2NO3/c1-3-13-7-9-14(10-8-13)12(2)22-17(23)11-25-19(24)18-15(20)5-4-6-16(18)21/h4-10,12H,3,11H2,1-2H3,(H,22,23)/t12-/m1/s1. The molecule has 2 aromatic carbocycles. The number of benzene rings is 2. The summed E-state index contributed by atoms with van der Waals surface area (Å²) >= 11 is 0. The molecule has 1 atom stereocenters. The summed E-state index contributed by atoms with van der Waals surface area (Å²) < 4.78 is 31.6. The number of halogens is 2. The highest BCUT2D eigenvalue weighted by molar-refractivity contribution is 5.91. The van der Waals surface area contributed by atoms with Gasteiger partial charge in [-0.05, 0) is 36.6 Å². The van der Waals surface area contributed by atoms with E-state index < -0.39 is 35.7 Å². The summed E-state index contributed by atoms with van der Waals surface area (Å²) in [6, 6.07) is 10.5. The van der Waals surface area contributed by atoms with E-state index in [0.29, 0.717) is 0 Å².